The van der Waals surface area contributed by atoms with Gasteiger partial charge in [-0.15, -0.1) is 0 Å². The van der Waals surface area contributed by atoms with E-state index in [0.29, 0.717) is 23.0 Å². The summed E-state index contributed by atoms with van der Waals surface area (Å²) in [6, 6.07) is 10.6. The quantitative estimate of drug-likeness (QED) is 0.748. The normalized spacial score (nSPS) is 10.4. The Morgan fingerprint density at radius 2 is 2.14 bits per heavy atom. The van der Waals surface area contributed by atoms with Crippen molar-refractivity contribution in [2.45, 2.75) is 0 Å². The molecule has 7 heteroatoms. The van der Waals surface area contributed by atoms with Crippen molar-refractivity contribution in [3.8, 4) is 11.5 Å². The molecule has 2 aromatic heterocycles. The maximum atomic E-state index is 12.1. The van der Waals surface area contributed by atoms with Crippen molar-refractivity contribution < 1.29 is 9.21 Å². The zero-order chi connectivity index (χ0) is 15.5. The number of oxazole rings is 1. The molecule has 0 atom stereocenters. The third-order valence-corrected chi connectivity index (χ3v) is 3.35. The zero-order valence-corrected chi connectivity index (χ0v) is 12.9. The van der Waals surface area contributed by atoms with Crippen molar-refractivity contribution in [1.29, 1.82) is 0 Å². The van der Waals surface area contributed by atoms with Crippen molar-refractivity contribution in [1.82, 2.24) is 9.97 Å². The largest absolute Gasteiger partial charge is 0.444 e. The minimum Gasteiger partial charge on any atom is -0.444 e. The number of nitrogens with one attached hydrogen (secondary N) is 1. The first-order chi connectivity index (χ1) is 10.6. The Labute approximate surface area is 134 Å². The van der Waals surface area contributed by atoms with Crippen LogP contribution in [0.25, 0.3) is 11.5 Å². The van der Waals surface area contributed by atoms with Crippen LogP contribution >= 0.6 is 15.9 Å². The number of rotatable bonds is 3. The van der Waals surface area contributed by atoms with Gasteiger partial charge in [-0.3, -0.25) is 4.79 Å². The van der Waals surface area contributed by atoms with E-state index in [9.17, 15) is 4.79 Å². The molecule has 3 aromatic rings. The van der Waals surface area contributed by atoms with Gasteiger partial charge in [0.05, 0.1) is 5.56 Å². The van der Waals surface area contributed by atoms with E-state index in [-0.39, 0.29) is 11.6 Å². The Bertz CT molecular complexity index is 814. The first-order valence-corrected chi connectivity index (χ1v) is 7.15. The summed E-state index contributed by atoms with van der Waals surface area (Å²) in [4.78, 5) is 20.3. The number of carbonyl (C=O) groups excluding carboxylic acids is 1. The molecule has 0 fully saturated rings. The highest BCUT2D eigenvalue weighted by atomic mass is 79.9. The van der Waals surface area contributed by atoms with Gasteiger partial charge in [0.1, 0.15) is 12.1 Å². The number of pyridine rings is 1. The second kappa shape index (κ2) is 5.98. The smallest absolute Gasteiger partial charge is 0.277 e. The zero-order valence-electron chi connectivity index (χ0n) is 11.3. The van der Waals surface area contributed by atoms with Crippen molar-refractivity contribution in [2.75, 3.05) is 11.1 Å². The molecule has 0 aliphatic rings. The first kappa shape index (κ1) is 14.3. The molecule has 0 unspecified atom stereocenters. The number of benzene rings is 1. The van der Waals surface area contributed by atoms with Crippen LogP contribution in [0.1, 0.15) is 10.5 Å². The summed E-state index contributed by atoms with van der Waals surface area (Å²) in [5.74, 6) is 0.367. The molecule has 0 bridgehead atoms. The van der Waals surface area contributed by atoms with Gasteiger partial charge < -0.3 is 15.5 Å². The minimum absolute atomic E-state index is 0.187. The van der Waals surface area contributed by atoms with Gasteiger partial charge in [0.15, 0.2) is 5.69 Å². The lowest BCUT2D eigenvalue weighted by molar-refractivity contribution is 0.102. The molecule has 2 heterocycles. The number of hydrogen-bond acceptors (Lipinski definition) is 5. The van der Waals surface area contributed by atoms with E-state index in [1.54, 1.807) is 24.3 Å². The molecule has 1 aromatic carbocycles. The number of carbonyl (C=O) groups is 1. The van der Waals surface area contributed by atoms with Crippen LogP contribution in [0.3, 0.4) is 0 Å². The molecule has 0 spiro atoms. The predicted molar refractivity (Wildman–Crippen MR) is 86.2 cm³/mol. The monoisotopic (exact) mass is 358 g/mol. The van der Waals surface area contributed by atoms with Crippen molar-refractivity contribution in [3.63, 3.8) is 0 Å². The number of anilines is 2. The molecule has 3 rings (SSSR count). The lowest BCUT2D eigenvalue weighted by atomic mass is 10.3. The topological polar surface area (TPSA) is 94.0 Å². The third-order valence-electron chi connectivity index (χ3n) is 2.85. The standard InChI is InChI=1S/C15H11BrN4O2/c16-10-2-1-3-11(6-10)19-14(21)12-8-22-15(20-12)9-4-5-13(17)18-7-9/h1-8H,(H2,17,18)(H,19,21). The maximum Gasteiger partial charge on any atom is 0.277 e. The second-order valence-electron chi connectivity index (χ2n) is 4.47. The van der Waals surface area contributed by atoms with Gasteiger partial charge >= 0.3 is 0 Å². The van der Waals surface area contributed by atoms with Crippen LogP contribution in [0.5, 0.6) is 0 Å². The van der Waals surface area contributed by atoms with E-state index >= 15 is 0 Å². The van der Waals surface area contributed by atoms with Gasteiger partial charge in [0, 0.05) is 16.4 Å². The summed E-state index contributed by atoms with van der Waals surface area (Å²) in [7, 11) is 0. The SMILES string of the molecule is Nc1ccc(-c2nc(C(=O)Nc3cccc(Br)c3)co2)cn1. The third kappa shape index (κ3) is 3.15. The number of halogens is 1. The fourth-order valence-corrected chi connectivity index (χ4v) is 2.20. The average Bonchev–Trinajstić information content (AvgIpc) is 2.98. The van der Waals surface area contributed by atoms with Gasteiger partial charge in [-0.25, -0.2) is 9.97 Å². The molecule has 0 saturated heterocycles. The molecular formula is C15H11BrN4O2. The molecule has 1 amide bonds. The Hall–Kier alpha value is -2.67. The van der Waals surface area contributed by atoms with Crippen LogP contribution in [0.2, 0.25) is 0 Å². The highest BCUT2D eigenvalue weighted by Gasteiger charge is 2.14. The average molecular weight is 359 g/mol. The maximum absolute atomic E-state index is 12.1. The fraction of sp³-hybridized carbons (Fsp3) is 0. The van der Waals surface area contributed by atoms with Crippen molar-refractivity contribution >= 4 is 33.3 Å². The first-order valence-electron chi connectivity index (χ1n) is 6.36. The summed E-state index contributed by atoms with van der Waals surface area (Å²) >= 11 is 3.35. The van der Waals surface area contributed by atoms with Crippen LogP contribution in [-0.4, -0.2) is 15.9 Å². The second-order valence-corrected chi connectivity index (χ2v) is 5.39. The van der Waals surface area contributed by atoms with Crippen LogP contribution in [-0.2, 0) is 0 Å². The Morgan fingerprint density at radius 1 is 1.27 bits per heavy atom. The van der Waals surface area contributed by atoms with Crippen LogP contribution in [0.4, 0.5) is 11.5 Å². The van der Waals surface area contributed by atoms with Crippen molar-refractivity contribution in [2.24, 2.45) is 0 Å². The highest BCUT2D eigenvalue weighted by molar-refractivity contribution is 9.10. The molecule has 0 aliphatic carbocycles. The number of nitrogens with two attached hydrogens (primary N) is 1. The highest BCUT2D eigenvalue weighted by Crippen LogP contribution is 2.20. The van der Waals surface area contributed by atoms with Gasteiger partial charge in [0.25, 0.3) is 5.91 Å². The van der Waals surface area contributed by atoms with E-state index in [2.05, 4.69) is 31.2 Å². The van der Waals surface area contributed by atoms with Gasteiger partial charge in [-0.05, 0) is 30.3 Å². The van der Waals surface area contributed by atoms with Gasteiger partial charge in [0.2, 0.25) is 5.89 Å². The lowest BCUT2D eigenvalue weighted by Crippen LogP contribution is -2.12. The van der Waals surface area contributed by atoms with Crippen molar-refractivity contribution in [3.05, 3.63) is 59.0 Å². The molecule has 0 saturated carbocycles. The minimum atomic E-state index is -0.350. The summed E-state index contributed by atoms with van der Waals surface area (Å²) in [5, 5.41) is 2.75. The van der Waals surface area contributed by atoms with Gasteiger partial charge in [-0.2, -0.15) is 0 Å². The summed E-state index contributed by atoms with van der Waals surface area (Å²) in [5.41, 5.74) is 7.03. The summed E-state index contributed by atoms with van der Waals surface area (Å²) in [6.07, 6.45) is 2.84. The molecule has 0 aliphatic heterocycles. The Kier molecular flexibility index (Phi) is 3.88. The Balaban J connectivity index is 1.78. The summed E-state index contributed by atoms with van der Waals surface area (Å²) < 4.78 is 6.19. The lowest BCUT2D eigenvalue weighted by Gasteiger charge is -2.02. The predicted octanol–water partition coefficient (Wildman–Crippen LogP) is 3.33. The number of nitrogen functional groups attached to an aromatic ring is 1. The number of amides is 1. The summed E-state index contributed by atoms with van der Waals surface area (Å²) in [6.45, 7) is 0. The number of aromatic nitrogens is 2. The number of nitrogens with zero attached hydrogens (tertiary/aromatic N) is 2. The Morgan fingerprint density at radius 3 is 2.86 bits per heavy atom. The number of hydrogen-bond donors (Lipinski definition) is 2. The van der Waals surface area contributed by atoms with E-state index < -0.39 is 0 Å². The molecule has 6 nitrogen and oxygen atoms in total. The van der Waals surface area contributed by atoms with E-state index in [0.717, 1.165) is 4.47 Å². The van der Waals surface area contributed by atoms with E-state index in [1.165, 1.54) is 12.5 Å². The van der Waals surface area contributed by atoms with Gasteiger partial charge in [-0.1, -0.05) is 22.0 Å². The molecule has 3 N–H and O–H groups in total. The molecular weight excluding hydrogens is 348 g/mol. The molecule has 110 valence electrons. The van der Waals surface area contributed by atoms with Crippen LogP contribution < -0.4 is 11.1 Å². The fourth-order valence-electron chi connectivity index (χ4n) is 1.80. The molecule has 0 radical (unpaired) electrons. The van der Waals surface area contributed by atoms with Crippen LogP contribution in [0.15, 0.2) is 57.7 Å². The van der Waals surface area contributed by atoms with E-state index in [4.69, 9.17) is 10.2 Å². The molecule has 22 heavy (non-hydrogen) atoms. The van der Waals surface area contributed by atoms with E-state index in [1.807, 2.05) is 12.1 Å². The van der Waals surface area contributed by atoms with Crippen LogP contribution in [0, 0.1) is 0 Å².